The van der Waals surface area contributed by atoms with E-state index in [1.807, 2.05) is 6.07 Å². The maximum Gasteiger partial charge on any atom is 0.275 e. The third-order valence-corrected chi connectivity index (χ3v) is 7.26. The van der Waals surface area contributed by atoms with Gasteiger partial charge in [-0.15, -0.1) is 0 Å². The number of carbonyl (C=O) groups excluding carboxylic acids is 1. The van der Waals surface area contributed by atoms with E-state index in [9.17, 15) is 13.2 Å². The molecular weight excluding hydrogens is 487 g/mol. The molecule has 1 unspecified atom stereocenters. The summed E-state index contributed by atoms with van der Waals surface area (Å²) in [6.45, 7) is 0.563. The average Bonchev–Trinajstić information content (AvgIpc) is 3.39. The summed E-state index contributed by atoms with van der Waals surface area (Å²) < 4.78 is 32.2. The molecule has 1 N–H and O–H groups in total. The van der Waals surface area contributed by atoms with E-state index in [4.69, 9.17) is 27.9 Å². The molecule has 11 heteroatoms. The fourth-order valence-corrected chi connectivity index (χ4v) is 5.04. The second-order valence-corrected chi connectivity index (χ2v) is 10.5. The Hall–Kier alpha value is -2.59. The number of ether oxygens (including phenoxy) is 1. The largest absolute Gasteiger partial charge is 0.492 e. The summed E-state index contributed by atoms with van der Waals surface area (Å²) in [5, 5.41) is 8.45. The number of aromatic nitrogens is 2. The van der Waals surface area contributed by atoms with Crippen molar-refractivity contribution < 1.29 is 17.9 Å². The number of nitrogens with one attached hydrogen (secondary N) is 1. The molecule has 1 fully saturated rings. The zero-order valence-electron chi connectivity index (χ0n) is 18.0. The first-order valence-electron chi connectivity index (χ1n) is 10.1. The predicted octanol–water partition coefficient (Wildman–Crippen LogP) is 3.62. The SMILES string of the molecule is COc1c(C(=O)NC2CCN(S(C)(=O)=O)C2)nn(-c2ccccc2Cl)c1-c1ccc(Cl)cc1. The zero-order valence-corrected chi connectivity index (χ0v) is 20.3. The minimum absolute atomic E-state index is 0.0696. The van der Waals surface area contributed by atoms with Crippen LogP contribution in [-0.4, -0.2) is 60.9 Å². The quantitative estimate of drug-likeness (QED) is 0.548. The lowest BCUT2D eigenvalue weighted by Crippen LogP contribution is -2.38. The maximum absolute atomic E-state index is 13.2. The van der Waals surface area contributed by atoms with Crippen LogP contribution in [0.1, 0.15) is 16.9 Å². The number of carbonyl (C=O) groups is 1. The van der Waals surface area contributed by atoms with Gasteiger partial charge >= 0.3 is 0 Å². The maximum atomic E-state index is 13.2. The van der Waals surface area contributed by atoms with Crippen LogP contribution < -0.4 is 10.1 Å². The van der Waals surface area contributed by atoms with Gasteiger partial charge in [0.1, 0.15) is 5.69 Å². The first kappa shape index (κ1) is 23.6. The number of methoxy groups -OCH3 is 1. The lowest BCUT2D eigenvalue weighted by Gasteiger charge is -2.14. The normalized spacial score (nSPS) is 16.7. The van der Waals surface area contributed by atoms with Gasteiger partial charge in [0.2, 0.25) is 10.0 Å². The molecule has 0 spiro atoms. The summed E-state index contributed by atoms with van der Waals surface area (Å²) in [5.74, 6) is -0.194. The monoisotopic (exact) mass is 508 g/mol. The first-order valence-corrected chi connectivity index (χ1v) is 12.7. The highest BCUT2D eigenvalue weighted by Crippen LogP contribution is 2.37. The first-order chi connectivity index (χ1) is 15.7. The van der Waals surface area contributed by atoms with E-state index >= 15 is 0 Å². The molecule has 1 aliphatic rings. The molecular formula is C22H22Cl2N4O4S. The van der Waals surface area contributed by atoms with E-state index in [-0.39, 0.29) is 24.0 Å². The van der Waals surface area contributed by atoms with Crippen LogP contribution in [0.2, 0.25) is 10.0 Å². The molecule has 1 amide bonds. The van der Waals surface area contributed by atoms with Crippen LogP contribution >= 0.6 is 23.2 Å². The van der Waals surface area contributed by atoms with E-state index < -0.39 is 15.9 Å². The Balaban J connectivity index is 1.76. The molecule has 0 aliphatic carbocycles. The lowest BCUT2D eigenvalue weighted by atomic mass is 10.1. The Labute approximate surface area is 202 Å². The van der Waals surface area contributed by atoms with Gasteiger partial charge in [-0.1, -0.05) is 47.5 Å². The van der Waals surface area contributed by atoms with Gasteiger partial charge in [0.05, 0.1) is 24.1 Å². The van der Waals surface area contributed by atoms with E-state index in [1.54, 1.807) is 47.1 Å². The number of nitrogens with zero attached hydrogens (tertiary/aromatic N) is 3. The Bertz CT molecular complexity index is 1290. The van der Waals surface area contributed by atoms with E-state index in [0.29, 0.717) is 34.4 Å². The molecule has 2 aromatic carbocycles. The number of hydrogen-bond donors (Lipinski definition) is 1. The van der Waals surface area contributed by atoms with E-state index in [1.165, 1.54) is 11.4 Å². The predicted molar refractivity (Wildman–Crippen MR) is 128 cm³/mol. The number of halogens is 2. The Morgan fingerprint density at radius 3 is 2.45 bits per heavy atom. The average molecular weight is 509 g/mol. The van der Waals surface area contributed by atoms with Gasteiger partial charge in [-0.3, -0.25) is 4.79 Å². The highest BCUT2D eigenvalue weighted by atomic mass is 35.5. The molecule has 1 saturated heterocycles. The van der Waals surface area contributed by atoms with Gasteiger partial charge in [-0.05, 0) is 30.7 Å². The molecule has 4 rings (SSSR count). The van der Waals surface area contributed by atoms with Crippen LogP contribution in [0, 0.1) is 0 Å². The summed E-state index contributed by atoms with van der Waals surface area (Å²) in [7, 11) is -1.86. The molecule has 1 atom stereocenters. The van der Waals surface area contributed by atoms with Crippen LogP contribution in [0.25, 0.3) is 16.9 Å². The zero-order chi connectivity index (χ0) is 23.8. The number of benzene rings is 2. The van der Waals surface area contributed by atoms with Crippen LogP contribution in [0.15, 0.2) is 48.5 Å². The summed E-state index contributed by atoms with van der Waals surface area (Å²) >= 11 is 12.5. The topological polar surface area (TPSA) is 93.5 Å². The van der Waals surface area contributed by atoms with Crippen molar-refractivity contribution in [1.82, 2.24) is 19.4 Å². The second kappa shape index (κ2) is 9.34. The number of hydrogen-bond acceptors (Lipinski definition) is 5. The Kier molecular flexibility index (Phi) is 6.67. The summed E-state index contributed by atoms with van der Waals surface area (Å²) in [6.07, 6.45) is 1.67. The third kappa shape index (κ3) is 4.86. The molecule has 1 aromatic heterocycles. The van der Waals surface area contributed by atoms with Gasteiger partial charge in [0.25, 0.3) is 5.91 Å². The van der Waals surface area contributed by atoms with Crippen molar-refractivity contribution in [2.45, 2.75) is 12.5 Å². The molecule has 2 heterocycles. The Morgan fingerprint density at radius 1 is 1.15 bits per heavy atom. The minimum Gasteiger partial charge on any atom is -0.492 e. The number of sulfonamides is 1. The molecule has 8 nitrogen and oxygen atoms in total. The van der Waals surface area contributed by atoms with Crippen molar-refractivity contribution in [3.8, 4) is 22.7 Å². The molecule has 0 saturated carbocycles. The van der Waals surface area contributed by atoms with Crippen LogP contribution in [0.5, 0.6) is 5.75 Å². The summed E-state index contributed by atoms with van der Waals surface area (Å²) in [6, 6.07) is 13.9. The number of para-hydroxylation sites is 1. The van der Waals surface area contributed by atoms with E-state index in [2.05, 4.69) is 10.4 Å². The molecule has 0 radical (unpaired) electrons. The van der Waals surface area contributed by atoms with Gasteiger partial charge in [0.15, 0.2) is 11.4 Å². The van der Waals surface area contributed by atoms with Gasteiger partial charge < -0.3 is 10.1 Å². The molecule has 3 aromatic rings. The van der Waals surface area contributed by atoms with Crippen LogP contribution in [0.3, 0.4) is 0 Å². The van der Waals surface area contributed by atoms with Crippen molar-refractivity contribution in [2.24, 2.45) is 0 Å². The van der Waals surface area contributed by atoms with Gasteiger partial charge in [-0.2, -0.15) is 5.10 Å². The molecule has 33 heavy (non-hydrogen) atoms. The number of amides is 1. The van der Waals surface area contributed by atoms with E-state index in [0.717, 1.165) is 11.8 Å². The lowest BCUT2D eigenvalue weighted by molar-refractivity contribution is 0.0930. The van der Waals surface area contributed by atoms with Crippen LogP contribution in [0.4, 0.5) is 0 Å². The third-order valence-electron chi connectivity index (χ3n) is 5.41. The molecule has 174 valence electrons. The van der Waals surface area contributed by atoms with Gasteiger partial charge in [0, 0.05) is 29.7 Å². The fraction of sp³-hybridized carbons (Fsp3) is 0.273. The Morgan fingerprint density at radius 2 is 1.85 bits per heavy atom. The molecule has 0 bridgehead atoms. The highest BCUT2D eigenvalue weighted by molar-refractivity contribution is 7.88. The van der Waals surface area contributed by atoms with Gasteiger partial charge in [-0.25, -0.2) is 17.4 Å². The standard InChI is InChI=1S/C22H22Cl2N4O4S/c1-32-21-19(22(29)25-16-11-12-27(13-16)33(2,30)31)26-28(18-6-4-3-5-17(18)24)20(21)14-7-9-15(23)10-8-14/h3-10,16H,11-13H2,1-2H3,(H,25,29). The molecule has 1 aliphatic heterocycles. The van der Waals surface area contributed by atoms with Crippen molar-refractivity contribution in [1.29, 1.82) is 0 Å². The van der Waals surface area contributed by atoms with Crippen LogP contribution in [-0.2, 0) is 10.0 Å². The highest BCUT2D eigenvalue weighted by Gasteiger charge is 2.32. The van der Waals surface area contributed by atoms with Crippen molar-refractivity contribution in [3.63, 3.8) is 0 Å². The number of rotatable bonds is 6. The minimum atomic E-state index is -3.32. The summed E-state index contributed by atoms with van der Waals surface area (Å²) in [4.78, 5) is 13.2. The van der Waals surface area contributed by atoms with Crippen molar-refractivity contribution in [2.75, 3.05) is 26.5 Å². The van der Waals surface area contributed by atoms with Crippen molar-refractivity contribution >= 4 is 39.1 Å². The van der Waals surface area contributed by atoms with Crippen molar-refractivity contribution in [3.05, 3.63) is 64.3 Å². The summed E-state index contributed by atoms with van der Waals surface area (Å²) in [5.41, 5.74) is 1.91. The second-order valence-electron chi connectivity index (χ2n) is 7.68. The fourth-order valence-electron chi connectivity index (χ4n) is 3.81. The smallest absolute Gasteiger partial charge is 0.275 e.